The molecule has 1 heterocycles. The van der Waals surface area contributed by atoms with Gasteiger partial charge in [-0.05, 0) is 73.0 Å². The Bertz CT molecular complexity index is 1560. The van der Waals surface area contributed by atoms with E-state index in [4.69, 9.17) is 14.6 Å². The second kappa shape index (κ2) is 25.0. The molecule has 0 bridgehead atoms. The number of carboxylic acids is 1. The highest BCUT2D eigenvalue weighted by Gasteiger charge is 2.19. The van der Waals surface area contributed by atoms with E-state index >= 15 is 0 Å². The first-order valence-electron chi connectivity index (χ1n) is 17.5. The van der Waals surface area contributed by atoms with Crippen LogP contribution in [-0.2, 0) is 57.5 Å². The SMILES string of the molecule is CC(C)COC(=O)[C@H](C)NC(=O)Cc1ccsc1.C[C@H](NC(=O)Cc1ccccc1)C(=O)O.Cc1ccc(CC(=O)N[C@@H](C)C(=O)OCC(C)C)cc1. The summed E-state index contributed by atoms with van der Waals surface area (Å²) in [5, 5.41) is 20.1. The topological polar surface area (TPSA) is 177 Å². The zero-order valence-electron chi connectivity index (χ0n) is 32.0. The molecule has 0 fully saturated rings. The third kappa shape index (κ3) is 21.8. The van der Waals surface area contributed by atoms with E-state index in [1.807, 2.05) is 106 Å². The van der Waals surface area contributed by atoms with E-state index in [1.165, 1.54) is 6.92 Å². The number of thiophene rings is 1. The van der Waals surface area contributed by atoms with Gasteiger partial charge in [0, 0.05) is 0 Å². The minimum Gasteiger partial charge on any atom is -0.480 e. The molecule has 2 aromatic carbocycles. The van der Waals surface area contributed by atoms with E-state index in [0.29, 0.717) is 25.6 Å². The first-order valence-corrected chi connectivity index (χ1v) is 18.5. The highest BCUT2D eigenvalue weighted by molar-refractivity contribution is 7.08. The molecule has 1 aromatic heterocycles. The number of carbonyl (C=O) groups excluding carboxylic acids is 5. The average molecular weight is 754 g/mol. The van der Waals surface area contributed by atoms with Gasteiger partial charge in [0.15, 0.2) is 0 Å². The third-order valence-electron chi connectivity index (χ3n) is 6.97. The van der Waals surface area contributed by atoms with Crippen LogP contribution in [0, 0.1) is 18.8 Å². The second-order valence-corrected chi connectivity index (χ2v) is 14.2. The van der Waals surface area contributed by atoms with Crippen LogP contribution in [0.15, 0.2) is 71.4 Å². The van der Waals surface area contributed by atoms with Gasteiger partial charge in [0.05, 0.1) is 32.5 Å². The van der Waals surface area contributed by atoms with Crippen molar-refractivity contribution in [2.75, 3.05) is 13.2 Å². The maximum atomic E-state index is 11.8. The number of aliphatic carboxylic acids is 1. The molecule has 0 aliphatic heterocycles. The molecular weight excluding hydrogens is 699 g/mol. The quantitative estimate of drug-likeness (QED) is 0.146. The molecule has 290 valence electrons. The van der Waals surface area contributed by atoms with Crippen LogP contribution in [0.1, 0.15) is 70.7 Å². The van der Waals surface area contributed by atoms with Crippen molar-refractivity contribution in [2.24, 2.45) is 11.8 Å². The van der Waals surface area contributed by atoms with Crippen molar-refractivity contribution in [1.29, 1.82) is 0 Å². The number of amides is 3. The summed E-state index contributed by atoms with van der Waals surface area (Å²) < 4.78 is 10.1. The van der Waals surface area contributed by atoms with Crippen LogP contribution in [0.25, 0.3) is 0 Å². The number of ether oxygens (including phenoxy) is 2. The van der Waals surface area contributed by atoms with Gasteiger partial charge in [-0.3, -0.25) is 19.2 Å². The standard InChI is InChI=1S/C16H23NO3.C13H19NO3S.C11H13NO3/c1-11(2)10-20-16(19)13(4)17-15(18)9-14-7-5-12(3)6-8-14;1-9(2)7-17-13(16)10(3)14-12(15)6-11-4-5-18-8-11;1-8(11(14)15)12-10(13)7-9-5-3-2-4-6-9/h5-8,11,13H,9-10H2,1-4H3,(H,17,18);4-5,8-10H,6-7H2,1-3H3,(H,14,15);2-6,8H,7H2,1H3,(H,12,13)(H,14,15)/t13-;10-;8-/m000/s1. The highest BCUT2D eigenvalue weighted by atomic mass is 32.1. The molecule has 3 rings (SSSR count). The van der Waals surface area contributed by atoms with Gasteiger partial charge < -0.3 is 30.5 Å². The molecule has 0 radical (unpaired) electrons. The van der Waals surface area contributed by atoms with Crippen LogP contribution in [0.3, 0.4) is 0 Å². The molecule has 0 saturated heterocycles. The molecule has 3 amide bonds. The fourth-order valence-corrected chi connectivity index (χ4v) is 4.72. The lowest BCUT2D eigenvalue weighted by Crippen LogP contribution is -2.40. The summed E-state index contributed by atoms with van der Waals surface area (Å²) in [6.07, 6.45) is 0.770. The number of aryl methyl sites for hydroxylation is 1. The predicted molar refractivity (Wildman–Crippen MR) is 205 cm³/mol. The Hall–Kier alpha value is -5.04. The molecule has 3 atom stereocenters. The summed E-state index contributed by atoms with van der Waals surface area (Å²) in [7, 11) is 0. The normalized spacial score (nSPS) is 12.0. The molecule has 4 N–H and O–H groups in total. The Balaban J connectivity index is 0.000000401. The molecular formula is C40H55N3O9S. The Kier molecular flexibility index (Phi) is 21.7. The van der Waals surface area contributed by atoms with Crippen LogP contribution in [0.2, 0.25) is 0 Å². The monoisotopic (exact) mass is 753 g/mol. The molecule has 12 nitrogen and oxygen atoms in total. The summed E-state index contributed by atoms with van der Waals surface area (Å²) in [4.78, 5) is 68.5. The molecule has 0 aliphatic rings. The summed E-state index contributed by atoms with van der Waals surface area (Å²) in [6, 6.07) is 16.8. The van der Waals surface area contributed by atoms with Crippen molar-refractivity contribution < 1.29 is 43.3 Å². The van der Waals surface area contributed by atoms with Crippen LogP contribution in [-0.4, -0.2) is 72.1 Å². The Morgan fingerprint density at radius 1 is 0.585 bits per heavy atom. The van der Waals surface area contributed by atoms with E-state index in [-0.39, 0.29) is 42.5 Å². The summed E-state index contributed by atoms with van der Waals surface area (Å²) in [5.74, 6) is -1.85. The first kappa shape index (κ1) is 46.0. The molecule has 53 heavy (non-hydrogen) atoms. The Labute approximate surface area is 317 Å². The number of carbonyl (C=O) groups is 6. The van der Waals surface area contributed by atoms with E-state index in [0.717, 1.165) is 22.3 Å². The predicted octanol–water partition coefficient (Wildman–Crippen LogP) is 5.05. The van der Waals surface area contributed by atoms with Gasteiger partial charge in [0.1, 0.15) is 18.1 Å². The maximum Gasteiger partial charge on any atom is 0.328 e. The van der Waals surface area contributed by atoms with E-state index in [1.54, 1.807) is 25.2 Å². The molecule has 0 aliphatic carbocycles. The summed E-state index contributed by atoms with van der Waals surface area (Å²) >= 11 is 1.55. The first-order chi connectivity index (χ1) is 25.0. The lowest BCUT2D eigenvalue weighted by Gasteiger charge is -2.14. The summed E-state index contributed by atoms with van der Waals surface area (Å²) in [5.41, 5.74) is 3.91. The van der Waals surface area contributed by atoms with Crippen molar-refractivity contribution in [3.05, 3.63) is 93.7 Å². The molecule has 3 aromatic rings. The number of hydrogen-bond acceptors (Lipinski definition) is 9. The molecule has 13 heteroatoms. The number of hydrogen-bond donors (Lipinski definition) is 4. The van der Waals surface area contributed by atoms with Gasteiger partial charge in [-0.15, -0.1) is 0 Å². The van der Waals surface area contributed by atoms with E-state index < -0.39 is 30.1 Å². The molecule has 0 unspecified atom stereocenters. The number of carboxylic acid groups (broad SMARTS) is 1. The van der Waals surface area contributed by atoms with Crippen LogP contribution in [0.4, 0.5) is 0 Å². The van der Waals surface area contributed by atoms with Gasteiger partial charge in [-0.2, -0.15) is 11.3 Å². The van der Waals surface area contributed by atoms with Gasteiger partial charge in [0.2, 0.25) is 17.7 Å². The number of nitrogens with one attached hydrogen (secondary N) is 3. The number of esters is 2. The van der Waals surface area contributed by atoms with Crippen molar-refractivity contribution in [1.82, 2.24) is 16.0 Å². The van der Waals surface area contributed by atoms with Crippen LogP contribution >= 0.6 is 11.3 Å². The van der Waals surface area contributed by atoms with Crippen molar-refractivity contribution >= 4 is 47.0 Å². The largest absolute Gasteiger partial charge is 0.480 e. The van der Waals surface area contributed by atoms with Crippen molar-refractivity contribution in [2.45, 2.75) is 92.8 Å². The number of rotatable bonds is 16. The Morgan fingerprint density at radius 3 is 1.40 bits per heavy atom. The zero-order chi connectivity index (χ0) is 39.9. The number of benzene rings is 2. The average Bonchev–Trinajstić information content (AvgIpc) is 3.60. The Morgan fingerprint density at radius 2 is 1.00 bits per heavy atom. The summed E-state index contributed by atoms with van der Waals surface area (Å²) in [6.45, 7) is 15.3. The zero-order valence-corrected chi connectivity index (χ0v) is 32.8. The fraction of sp³-hybridized carbons (Fsp3) is 0.450. The van der Waals surface area contributed by atoms with Crippen LogP contribution < -0.4 is 16.0 Å². The van der Waals surface area contributed by atoms with E-state index in [9.17, 15) is 28.8 Å². The molecule has 0 spiro atoms. The van der Waals surface area contributed by atoms with Gasteiger partial charge in [-0.1, -0.05) is 87.9 Å². The maximum absolute atomic E-state index is 11.8. The minimum absolute atomic E-state index is 0.164. The van der Waals surface area contributed by atoms with Crippen LogP contribution in [0.5, 0.6) is 0 Å². The third-order valence-corrected chi connectivity index (χ3v) is 7.70. The highest BCUT2D eigenvalue weighted by Crippen LogP contribution is 2.07. The lowest BCUT2D eigenvalue weighted by molar-refractivity contribution is -0.148. The fourth-order valence-electron chi connectivity index (χ4n) is 4.06. The smallest absolute Gasteiger partial charge is 0.328 e. The van der Waals surface area contributed by atoms with Crippen molar-refractivity contribution in [3.8, 4) is 0 Å². The minimum atomic E-state index is -1.03. The van der Waals surface area contributed by atoms with E-state index in [2.05, 4.69) is 16.0 Å². The second-order valence-electron chi connectivity index (χ2n) is 13.4. The van der Waals surface area contributed by atoms with Gasteiger partial charge in [0.25, 0.3) is 0 Å². The van der Waals surface area contributed by atoms with Gasteiger partial charge >= 0.3 is 17.9 Å². The molecule has 0 saturated carbocycles. The van der Waals surface area contributed by atoms with Crippen molar-refractivity contribution in [3.63, 3.8) is 0 Å². The lowest BCUT2D eigenvalue weighted by atomic mass is 10.1. The van der Waals surface area contributed by atoms with Gasteiger partial charge in [-0.25, -0.2) is 9.59 Å².